The molecule has 2 aliphatic heterocycles. The van der Waals surface area contributed by atoms with Gasteiger partial charge in [-0.25, -0.2) is 9.59 Å². The summed E-state index contributed by atoms with van der Waals surface area (Å²) >= 11 is 1.86. The molecule has 0 unspecified atom stereocenters. The average Bonchev–Trinajstić information content (AvgIpc) is 3.48. The maximum Gasteiger partial charge on any atom is 0.490 e. The Morgan fingerprint density at radius 1 is 1.13 bits per heavy atom. The molecule has 15 heteroatoms. The summed E-state index contributed by atoms with van der Waals surface area (Å²) in [5.74, 6) is -5.51. The highest BCUT2D eigenvalue weighted by Crippen LogP contribution is 2.33. The first-order valence-corrected chi connectivity index (χ1v) is 12.2. The van der Waals surface area contributed by atoms with Gasteiger partial charge in [0, 0.05) is 49.6 Å². The lowest BCUT2D eigenvalue weighted by Gasteiger charge is -2.34. The summed E-state index contributed by atoms with van der Waals surface area (Å²) in [5.41, 5.74) is 1.27. The van der Waals surface area contributed by atoms with E-state index in [1.807, 2.05) is 29.8 Å². The zero-order valence-electron chi connectivity index (χ0n) is 20.2. The summed E-state index contributed by atoms with van der Waals surface area (Å²) in [4.78, 5) is 28.6. The number of pyridine rings is 1. The molecule has 2 aliphatic rings. The summed E-state index contributed by atoms with van der Waals surface area (Å²) in [7, 11) is 2.22. The number of alkyl halides is 6. The normalized spacial score (nSPS) is 21.5. The number of rotatable bonds is 5. The standard InChI is InChI=1S/C19H25N3OS.2C2HF3O2/c1-21(12-15-5-2-8-20-11-15)18-14-22(13-16-6-4-10-24-16)17-7-3-9-23-19(17)18;2*3-2(4,5)1(6)7/h2,4-6,8,10-11,17-19H,3,7,9,12-14H2,1H3;2*(H,6,7)/t17-,18-,19+;;/m1../s1. The fourth-order valence-electron chi connectivity index (χ4n) is 4.10. The number of likely N-dealkylation sites (N-methyl/N-ethyl adjacent to an activating group) is 1. The summed E-state index contributed by atoms with van der Waals surface area (Å²) in [6.07, 6.45) is -3.59. The molecule has 0 aliphatic carbocycles. The van der Waals surface area contributed by atoms with Gasteiger partial charge in [0.05, 0.1) is 12.1 Å². The second kappa shape index (κ2) is 13.9. The maximum absolute atomic E-state index is 10.6. The first kappa shape index (κ1) is 31.5. The first-order chi connectivity index (χ1) is 17.7. The van der Waals surface area contributed by atoms with E-state index >= 15 is 0 Å². The van der Waals surface area contributed by atoms with Gasteiger partial charge in [-0.3, -0.25) is 14.8 Å². The molecule has 2 aromatic rings. The Kier molecular flexibility index (Phi) is 11.5. The molecule has 2 aromatic heterocycles. The van der Waals surface area contributed by atoms with E-state index in [2.05, 4.69) is 45.4 Å². The number of thiophene rings is 1. The third-order valence-corrected chi connectivity index (χ3v) is 6.61. The second-order valence-corrected chi connectivity index (χ2v) is 9.54. The van der Waals surface area contributed by atoms with E-state index in [1.54, 1.807) is 0 Å². The van der Waals surface area contributed by atoms with Crippen LogP contribution in [0.1, 0.15) is 23.3 Å². The van der Waals surface area contributed by atoms with Crippen LogP contribution in [0, 0.1) is 0 Å². The minimum Gasteiger partial charge on any atom is -0.475 e. The number of carboxylic acids is 2. The van der Waals surface area contributed by atoms with Crippen molar-refractivity contribution in [1.82, 2.24) is 14.8 Å². The van der Waals surface area contributed by atoms with Crippen LogP contribution in [0.3, 0.4) is 0 Å². The lowest BCUT2D eigenvalue weighted by Crippen LogP contribution is -2.46. The number of ether oxygens (including phenoxy) is 1. The van der Waals surface area contributed by atoms with Crippen LogP contribution in [-0.2, 0) is 27.4 Å². The fraction of sp³-hybridized carbons (Fsp3) is 0.522. The molecule has 0 amide bonds. The van der Waals surface area contributed by atoms with Crippen molar-refractivity contribution in [3.8, 4) is 0 Å². The zero-order valence-corrected chi connectivity index (χ0v) is 21.0. The molecular formula is C23H27F6N3O5S. The fourth-order valence-corrected chi connectivity index (χ4v) is 4.83. The number of hydrogen-bond acceptors (Lipinski definition) is 7. The van der Waals surface area contributed by atoms with Gasteiger partial charge in [0.25, 0.3) is 0 Å². The third kappa shape index (κ3) is 9.85. The monoisotopic (exact) mass is 571 g/mol. The SMILES string of the molecule is CN(Cc1cccnc1)[C@@H]1CN(Cc2cccs2)[C@@H]2CCCO[C@H]12.O=C(O)C(F)(F)F.O=C(O)C(F)(F)F. The van der Waals surface area contributed by atoms with Crippen molar-refractivity contribution < 1.29 is 50.9 Å². The Labute approximate surface area is 218 Å². The molecule has 0 bridgehead atoms. The minimum absolute atomic E-state index is 0.334. The van der Waals surface area contributed by atoms with Crippen molar-refractivity contribution in [2.75, 3.05) is 20.2 Å². The highest BCUT2D eigenvalue weighted by molar-refractivity contribution is 7.09. The summed E-state index contributed by atoms with van der Waals surface area (Å²) < 4.78 is 69.7. The van der Waals surface area contributed by atoms with Gasteiger partial charge >= 0.3 is 24.3 Å². The number of hydrogen-bond donors (Lipinski definition) is 2. The van der Waals surface area contributed by atoms with Gasteiger partial charge in [-0.15, -0.1) is 11.3 Å². The Bertz CT molecular complexity index is 983. The van der Waals surface area contributed by atoms with E-state index < -0.39 is 24.3 Å². The van der Waals surface area contributed by atoms with Crippen molar-refractivity contribution in [3.63, 3.8) is 0 Å². The predicted octanol–water partition coefficient (Wildman–Crippen LogP) is 4.27. The lowest BCUT2D eigenvalue weighted by molar-refractivity contribution is -0.193. The molecule has 2 N–H and O–H groups in total. The van der Waals surface area contributed by atoms with Gasteiger partial charge in [-0.2, -0.15) is 26.3 Å². The number of halogens is 6. The largest absolute Gasteiger partial charge is 0.490 e. The molecular weight excluding hydrogens is 544 g/mol. The van der Waals surface area contributed by atoms with Gasteiger partial charge in [-0.05, 0) is 43.0 Å². The Hall–Kier alpha value is -2.75. The molecule has 38 heavy (non-hydrogen) atoms. The van der Waals surface area contributed by atoms with Crippen molar-refractivity contribution in [3.05, 3.63) is 52.5 Å². The number of nitrogens with zero attached hydrogens (tertiary/aromatic N) is 3. The molecule has 0 radical (unpaired) electrons. The highest BCUT2D eigenvalue weighted by atomic mass is 32.1. The molecule has 2 fully saturated rings. The molecule has 4 rings (SSSR count). The Morgan fingerprint density at radius 3 is 2.26 bits per heavy atom. The number of carbonyl (C=O) groups is 2. The first-order valence-electron chi connectivity index (χ1n) is 11.3. The maximum atomic E-state index is 10.6. The highest BCUT2D eigenvalue weighted by Gasteiger charge is 2.45. The van der Waals surface area contributed by atoms with Crippen LogP contribution < -0.4 is 0 Å². The van der Waals surface area contributed by atoms with Crippen molar-refractivity contribution in [2.45, 2.75) is 56.5 Å². The molecule has 4 heterocycles. The molecule has 212 valence electrons. The van der Waals surface area contributed by atoms with E-state index in [-0.39, 0.29) is 0 Å². The summed E-state index contributed by atoms with van der Waals surface area (Å²) in [6.45, 7) is 3.98. The molecule has 0 saturated carbocycles. The lowest BCUT2D eigenvalue weighted by atomic mass is 10.00. The molecule has 0 spiro atoms. The van der Waals surface area contributed by atoms with E-state index in [0.29, 0.717) is 18.2 Å². The predicted molar refractivity (Wildman–Crippen MR) is 124 cm³/mol. The number of likely N-dealkylation sites (tertiary alicyclic amines) is 1. The third-order valence-electron chi connectivity index (χ3n) is 5.75. The van der Waals surface area contributed by atoms with Gasteiger partial charge in [0.15, 0.2) is 0 Å². The summed E-state index contributed by atoms with van der Waals surface area (Å²) in [5, 5.41) is 16.4. The van der Waals surface area contributed by atoms with Gasteiger partial charge in [-0.1, -0.05) is 12.1 Å². The van der Waals surface area contributed by atoms with Crippen LogP contribution in [0.15, 0.2) is 42.0 Å². The van der Waals surface area contributed by atoms with E-state index in [4.69, 9.17) is 24.5 Å². The Morgan fingerprint density at radius 2 is 1.76 bits per heavy atom. The zero-order chi connectivity index (χ0) is 28.5. The minimum atomic E-state index is -5.08. The van der Waals surface area contributed by atoms with Crippen LogP contribution in [0.4, 0.5) is 26.3 Å². The van der Waals surface area contributed by atoms with Crippen LogP contribution in [-0.4, -0.2) is 87.7 Å². The van der Waals surface area contributed by atoms with E-state index in [1.165, 1.54) is 23.3 Å². The van der Waals surface area contributed by atoms with E-state index in [0.717, 1.165) is 26.2 Å². The number of aliphatic carboxylic acids is 2. The van der Waals surface area contributed by atoms with Crippen LogP contribution in [0.25, 0.3) is 0 Å². The van der Waals surface area contributed by atoms with Crippen LogP contribution in [0.5, 0.6) is 0 Å². The molecule has 3 atom stereocenters. The van der Waals surface area contributed by atoms with Gasteiger partial charge < -0.3 is 14.9 Å². The number of carboxylic acid groups (broad SMARTS) is 2. The van der Waals surface area contributed by atoms with Gasteiger partial charge in [0.2, 0.25) is 0 Å². The van der Waals surface area contributed by atoms with Crippen molar-refractivity contribution in [2.24, 2.45) is 0 Å². The average molecular weight is 572 g/mol. The molecule has 2 saturated heterocycles. The molecule has 0 aromatic carbocycles. The van der Waals surface area contributed by atoms with Crippen LogP contribution in [0.2, 0.25) is 0 Å². The van der Waals surface area contributed by atoms with Crippen molar-refractivity contribution >= 4 is 23.3 Å². The summed E-state index contributed by atoms with van der Waals surface area (Å²) in [6, 6.07) is 9.58. The van der Waals surface area contributed by atoms with Crippen molar-refractivity contribution in [1.29, 1.82) is 0 Å². The topological polar surface area (TPSA) is 103 Å². The van der Waals surface area contributed by atoms with Crippen LogP contribution >= 0.6 is 11.3 Å². The number of aromatic nitrogens is 1. The quantitative estimate of drug-likeness (QED) is 0.513. The smallest absolute Gasteiger partial charge is 0.475 e. The second-order valence-electron chi connectivity index (χ2n) is 8.50. The van der Waals surface area contributed by atoms with Gasteiger partial charge in [0.1, 0.15) is 0 Å². The number of fused-ring (bicyclic) bond motifs is 1. The van der Waals surface area contributed by atoms with E-state index in [9.17, 15) is 26.3 Å². The Balaban J connectivity index is 0.000000301. The molecule has 8 nitrogen and oxygen atoms in total.